The Labute approximate surface area is 62.1 Å². The molecule has 0 aliphatic carbocycles. The topological polar surface area (TPSA) is 12.9 Å². The molecule has 0 saturated heterocycles. The quantitative estimate of drug-likeness (QED) is 0.603. The van der Waals surface area contributed by atoms with E-state index in [0.717, 1.165) is 18.5 Å². The molecule has 0 aliphatic heterocycles. The van der Waals surface area contributed by atoms with Crippen LogP contribution in [0.2, 0.25) is 0 Å². The summed E-state index contributed by atoms with van der Waals surface area (Å²) in [6.45, 7) is 5.87. The molecule has 1 rings (SSSR count). The lowest BCUT2D eigenvalue weighted by molar-refractivity contribution is 1.05. The molecule has 0 bridgehead atoms. The van der Waals surface area contributed by atoms with Crippen molar-refractivity contribution in [1.82, 2.24) is 4.98 Å². The van der Waals surface area contributed by atoms with Crippen molar-refractivity contribution in [1.29, 1.82) is 0 Å². The molecule has 1 heteroatoms. The van der Waals surface area contributed by atoms with E-state index in [1.54, 1.807) is 0 Å². The van der Waals surface area contributed by atoms with E-state index in [0.29, 0.717) is 0 Å². The molecule has 1 radical (unpaired) electrons. The highest BCUT2D eigenvalue weighted by Crippen LogP contribution is 2.00. The van der Waals surface area contributed by atoms with Gasteiger partial charge in [-0.05, 0) is 31.4 Å². The second-order valence-corrected chi connectivity index (χ2v) is 2.26. The van der Waals surface area contributed by atoms with E-state index in [-0.39, 0.29) is 0 Å². The number of hydrogen-bond donors (Lipinski definition) is 0. The molecule has 0 aliphatic rings. The van der Waals surface area contributed by atoms with Crippen LogP contribution in [0.1, 0.15) is 18.2 Å². The SMILES string of the molecule is [CH2]Cc1ccc(CC)cn1. The Hall–Kier alpha value is -0.850. The van der Waals surface area contributed by atoms with Crippen molar-refractivity contribution in [2.45, 2.75) is 19.8 Å². The van der Waals surface area contributed by atoms with Gasteiger partial charge in [0.15, 0.2) is 0 Å². The first-order valence-electron chi connectivity index (χ1n) is 3.60. The van der Waals surface area contributed by atoms with Crippen molar-refractivity contribution in [3.05, 3.63) is 36.5 Å². The van der Waals surface area contributed by atoms with Gasteiger partial charge in [0.25, 0.3) is 0 Å². The van der Waals surface area contributed by atoms with Crippen LogP contribution < -0.4 is 0 Å². The zero-order chi connectivity index (χ0) is 7.40. The zero-order valence-corrected chi connectivity index (χ0v) is 6.30. The smallest absolute Gasteiger partial charge is 0.0403 e. The molecule has 0 unspecified atom stereocenters. The summed E-state index contributed by atoms with van der Waals surface area (Å²) >= 11 is 0. The summed E-state index contributed by atoms with van der Waals surface area (Å²) in [5, 5.41) is 0. The average Bonchev–Trinajstić information content (AvgIpc) is 2.05. The van der Waals surface area contributed by atoms with Crippen LogP contribution in [-0.4, -0.2) is 4.98 Å². The van der Waals surface area contributed by atoms with Crippen LogP contribution in [0.3, 0.4) is 0 Å². The Kier molecular flexibility index (Phi) is 2.43. The molecule has 0 saturated carbocycles. The molecule has 0 aromatic carbocycles. The average molecular weight is 134 g/mol. The molecule has 53 valence electrons. The summed E-state index contributed by atoms with van der Waals surface area (Å²) in [6.07, 6.45) is 3.76. The third-order valence-corrected chi connectivity index (χ3v) is 1.55. The maximum atomic E-state index is 4.21. The summed E-state index contributed by atoms with van der Waals surface area (Å²) < 4.78 is 0. The van der Waals surface area contributed by atoms with E-state index in [2.05, 4.69) is 24.9 Å². The largest absolute Gasteiger partial charge is 0.261 e. The van der Waals surface area contributed by atoms with Gasteiger partial charge in [-0.3, -0.25) is 4.98 Å². The van der Waals surface area contributed by atoms with Crippen LogP contribution in [0.25, 0.3) is 0 Å². The summed E-state index contributed by atoms with van der Waals surface area (Å²) in [6, 6.07) is 4.14. The van der Waals surface area contributed by atoms with Crippen molar-refractivity contribution in [3.63, 3.8) is 0 Å². The fraction of sp³-hybridized carbons (Fsp3) is 0.333. The van der Waals surface area contributed by atoms with Crippen LogP contribution in [-0.2, 0) is 12.8 Å². The molecule has 0 fully saturated rings. The summed E-state index contributed by atoms with van der Waals surface area (Å²) in [5.74, 6) is 0. The molecule has 0 spiro atoms. The molecule has 1 aromatic heterocycles. The van der Waals surface area contributed by atoms with Crippen LogP contribution in [0, 0.1) is 6.92 Å². The highest BCUT2D eigenvalue weighted by molar-refractivity contribution is 5.14. The Morgan fingerprint density at radius 3 is 2.70 bits per heavy atom. The fourth-order valence-corrected chi connectivity index (χ4v) is 0.812. The summed E-state index contributed by atoms with van der Waals surface area (Å²) in [4.78, 5) is 4.21. The Bertz CT molecular complexity index is 165. The molecule has 1 heterocycles. The van der Waals surface area contributed by atoms with E-state index < -0.39 is 0 Å². The second kappa shape index (κ2) is 3.35. The lowest BCUT2D eigenvalue weighted by Gasteiger charge is -1.96. The summed E-state index contributed by atoms with van der Waals surface area (Å²) in [5.41, 5.74) is 2.36. The van der Waals surface area contributed by atoms with E-state index in [1.807, 2.05) is 12.3 Å². The Morgan fingerprint density at radius 1 is 1.50 bits per heavy atom. The number of pyridine rings is 1. The van der Waals surface area contributed by atoms with E-state index in [9.17, 15) is 0 Å². The van der Waals surface area contributed by atoms with Gasteiger partial charge in [0.1, 0.15) is 0 Å². The van der Waals surface area contributed by atoms with Gasteiger partial charge in [-0.2, -0.15) is 0 Å². The van der Waals surface area contributed by atoms with Crippen molar-refractivity contribution in [3.8, 4) is 0 Å². The Morgan fingerprint density at radius 2 is 2.30 bits per heavy atom. The van der Waals surface area contributed by atoms with Crippen LogP contribution in [0.15, 0.2) is 18.3 Å². The predicted octanol–water partition coefficient (Wildman–Crippen LogP) is 2.02. The van der Waals surface area contributed by atoms with Gasteiger partial charge in [-0.15, -0.1) is 0 Å². The molecule has 0 atom stereocenters. The predicted molar refractivity (Wildman–Crippen MR) is 42.7 cm³/mol. The summed E-state index contributed by atoms with van der Waals surface area (Å²) in [7, 11) is 0. The Balaban J connectivity index is 2.80. The maximum absolute atomic E-state index is 4.21. The number of rotatable bonds is 2. The van der Waals surface area contributed by atoms with Gasteiger partial charge < -0.3 is 0 Å². The van der Waals surface area contributed by atoms with Crippen LogP contribution >= 0.6 is 0 Å². The fourth-order valence-electron chi connectivity index (χ4n) is 0.812. The first-order chi connectivity index (χ1) is 4.86. The lowest BCUT2D eigenvalue weighted by atomic mass is 10.2. The van der Waals surface area contributed by atoms with E-state index in [1.165, 1.54) is 5.56 Å². The van der Waals surface area contributed by atoms with Gasteiger partial charge in [0, 0.05) is 11.9 Å². The molecule has 0 amide bonds. The third-order valence-electron chi connectivity index (χ3n) is 1.55. The zero-order valence-electron chi connectivity index (χ0n) is 6.30. The minimum absolute atomic E-state index is 0.782. The van der Waals surface area contributed by atoms with E-state index in [4.69, 9.17) is 0 Å². The van der Waals surface area contributed by atoms with Crippen molar-refractivity contribution in [2.24, 2.45) is 0 Å². The standard InChI is InChI=1S/C9H12N/c1-3-8-5-6-9(4-2)10-7-8/h5-7H,2-4H2,1H3. The number of aromatic nitrogens is 1. The normalized spacial score (nSPS) is 9.80. The van der Waals surface area contributed by atoms with Gasteiger partial charge >= 0.3 is 0 Å². The lowest BCUT2D eigenvalue weighted by Crippen LogP contribution is -1.87. The highest BCUT2D eigenvalue weighted by atomic mass is 14.7. The maximum Gasteiger partial charge on any atom is 0.0403 e. The third kappa shape index (κ3) is 1.56. The molecule has 1 aromatic rings. The first-order valence-corrected chi connectivity index (χ1v) is 3.60. The number of nitrogens with zero attached hydrogens (tertiary/aromatic N) is 1. The molecule has 1 nitrogen and oxygen atoms in total. The molecule has 10 heavy (non-hydrogen) atoms. The van der Waals surface area contributed by atoms with Crippen molar-refractivity contribution < 1.29 is 0 Å². The van der Waals surface area contributed by atoms with Crippen molar-refractivity contribution >= 4 is 0 Å². The first kappa shape index (κ1) is 7.26. The minimum Gasteiger partial charge on any atom is -0.261 e. The monoisotopic (exact) mass is 134 g/mol. The minimum atomic E-state index is 0.782. The number of hydrogen-bond acceptors (Lipinski definition) is 1. The van der Waals surface area contributed by atoms with Crippen molar-refractivity contribution in [2.75, 3.05) is 0 Å². The van der Waals surface area contributed by atoms with E-state index >= 15 is 0 Å². The van der Waals surface area contributed by atoms with Gasteiger partial charge in [-0.25, -0.2) is 0 Å². The molecular weight excluding hydrogens is 122 g/mol. The van der Waals surface area contributed by atoms with Gasteiger partial charge in [0.2, 0.25) is 0 Å². The highest BCUT2D eigenvalue weighted by Gasteiger charge is 1.89. The van der Waals surface area contributed by atoms with Gasteiger partial charge in [0.05, 0.1) is 0 Å². The number of aryl methyl sites for hydroxylation is 1. The second-order valence-electron chi connectivity index (χ2n) is 2.26. The van der Waals surface area contributed by atoms with Crippen LogP contribution in [0.4, 0.5) is 0 Å². The van der Waals surface area contributed by atoms with Gasteiger partial charge in [-0.1, -0.05) is 13.0 Å². The van der Waals surface area contributed by atoms with Crippen LogP contribution in [0.5, 0.6) is 0 Å². The molecular formula is C9H12N. The molecule has 0 N–H and O–H groups in total.